The van der Waals surface area contributed by atoms with E-state index in [0.29, 0.717) is 17.9 Å². The van der Waals surface area contributed by atoms with E-state index in [2.05, 4.69) is 5.32 Å². The van der Waals surface area contributed by atoms with Gasteiger partial charge < -0.3 is 4.90 Å². The molecule has 0 bridgehead atoms. The van der Waals surface area contributed by atoms with Crippen LogP contribution >= 0.6 is 11.6 Å². The highest BCUT2D eigenvalue weighted by Crippen LogP contribution is 2.46. The van der Waals surface area contributed by atoms with Crippen molar-refractivity contribution in [1.82, 2.24) is 10.2 Å². The number of nitrogens with one attached hydrogen (secondary N) is 1. The molecule has 1 heterocycles. The molecule has 21 heavy (non-hydrogen) atoms. The van der Waals surface area contributed by atoms with Gasteiger partial charge in [0.2, 0.25) is 5.91 Å². The number of carbonyl (C=O) groups excluding carboxylic acids is 1. The van der Waals surface area contributed by atoms with Crippen LogP contribution < -0.4 is 5.32 Å². The molecule has 1 N–H and O–H groups in total. The molecule has 1 saturated carbocycles. The van der Waals surface area contributed by atoms with E-state index in [4.69, 9.17) is 11.6 Å². The van der Waals surface area contributed by atoms with E-state index < -0.39 is 24.3 Å². The summed E-state index contributed by atoms with van der Waals surface area (Å²) in [5.41, 5.74) is 0.106. The van der Waals surface area contributed by atoms with E-state index in [1.807, 2.05) is 0 Å². The molecule has 1 unspecified atom stereocenters. The first kappa shape index (κ1) is 14.7. The van der Waals surface area contributed by atoms with Crippen LogP contribution in [0.15, 0.2) is 24.3 Å². The van der Waals surface area contributed by atoms with E-state index in [-0.39, 0.29) is 12.5 Å². The molecule has 7 heteroatoms. The fraction of sp³-hybridized carbons (Fsp3) is 0.500. The van der Waals surface area contributed by atoms with Gasteiger partial charge in [0.15, 0.2) is 0 Å². The Morgan fingerprint density at radius 2 is 1.90 bits per heavy atom. The minimum atomic E-state index is -4.27. The summed E-state index contributed by atoms with van der Waals surface area (Å²) in [6.45, 7) is -0.329. The number of benzene rings is 1. The Kier molecular flexibility index (Phi) is 3.41. The highest BCUT2D eigenvalue weighted by Gasteiger charge is 2.59. The SMILES string of the molecule is O=C1N(CCC(F)(F)F)C(c2ccc(Cl)cc2)NC12CC2. The second-order valence-corrected chi connectivity index (χ2v) is 5.98. The number of rotatable bonds is 3. The Bertz CT molecular complexity index is 554. The molecule has 0 radical (unpaired) electrons. The number of alkyl halides is 3. The normalized spacial score (nSPS) is 23.9. The van der Waals surface area contributed by atoms with Gasteiger partial charge in [-0.05, 0) is 30.5 Å². The van der Waals surface area contributed by atoms with Crippen LogP contribution in [0.2, 0.25) is 5.02 Å². The average molecular weight is 319 g/mol. The van der Waals surface area contributed by atoms with Crippen molar-refractivity contribution in [2.45, 2.75) is 37.1 Å². The molecule has 3 rings (SSSR count). The molecule has 1 aliphatic heterocycles. The summed E-state index contributed by atoms with van der Waals surface area (Å²) < 4.78 is 37.4. The van der Waals surface area contributed by atoms with Gasteiger partial charge in [-0.25, -0.2) is 0 Å². The largest absolute Gasteiger partial charge is 0.390 e. The second kappa shape index (κ2) is 4.88. The maximum atomic E-state index is 12.5. The highest BCUT2D eigenvalue weighted by atomic mass is 35.5. The monoisotopic (exact) mass is 318 g/mol. The van der Waals surface area contributed by atoms with Crippen molar-refractivity contribution in [3.05, 3.63) is 34.9 Å². The summed E-state index contributed by atoms with van der Waals surface area (Å²) in [5, 5.41) is 3.73. The van der Waals surface area contributed by atoms with Crippen LogP contribution in [0, 0.1) is 0 Å². The summed E-state index contributed by atoms with van der Waals surface area (Å²) in [5.74, 6) is -0.230. The Morgan fingerprint density at radius 3 is 2.43 bits per heavy atom. The first-order valence-electron chi connectivity index (χ1n) is 6.72. The van der Waals surface area contributed by atoms with Crippen LogP contribution in [0.4, 0.5) is 13.2 Å². The predicted octanol–water partition coefficient (Wildman–Crippen LogP) is 3.26. The topological polar surface area (TPSA) is 32.3 Å². The molecule has 114 valence electrons. The zero-order valence-electron chi connectivity index (χ0n) is 11.1. The summed E-state index contributed by atoms with van der Waals surface area (Å²) in [4.78, 5) is 13.6. The van der Waals surface area contributed by atoms with Crippen LogP contribution in [0.25, 0.3) is 0 Å². The van der Waals surface area contributed by atoms with Crippen molar-refractivity contribution in [2.24, 2.45) is 0 Å². The number of halogens is 4. The summed E-state index contributed by atoms with van der Waals surface area (Å²) >= 11 is 5.82. The predicted molar refractivity (Wildman–Crippen MR) is 71.7 cm³/mol. The maximum Gasteiger partial charge on any atom is 0.390 e. The summed E-state index contributed by atoms with van der Waals surface area (Å²) in [7, 11) is 0. The van der Waals surface area contributed by atoms with Gasteiger partial charge in [-0.3, -0.25) is 10.1 Å². The number of carbonyl (C=O) groups is 1. The fourth-order valence-electron chi connectivity index (χ4n) is 2.66. The minimum Gasteiger partial charge on any atom is -0.321 e. The van der Waals surface area contributed by atoms with Gasteiger partial charge in [-0.1, -0.05) is 23.7 Å². The molecule has 1 saturated heterocycles. The van der Waals surface area contributed by atoms with Crippen molar-refractivity contribution in [3.63, 3.8) is 0 Å². The van der Waals surface area contributed by atoms with Gasteiger partial charge in [0.1, 0.15) is 11.7 Å². The van der Waals surface area contributed by atoms with Gasteiger partial charge in [0.25, 0.3) is 0 Å². The Balaban J connectivity index is 1.82. The number of hydrogen-bond acceptors (Lipinski definition) is 2. The number of amides is 1. The van der Waals surface area contributed by atoms with E-state index in [9.17, 15) is 18.0 Å². The van der Waals surface area contributed by atoms with Crippen LogP contribution in [-0.2, 0) is 4.79 Å². The second-order valence-electron chi connectivity index (χ2n) is 5.54. The lowest BCUT2D eigenvalue weighted by atomic mass is 10.1. The lowest BCUT2D eigenvalue weighted by Gasteiger charge is -2.25. The van der Waals surface area contributed by atoms with E-state index in [0.717, 1.165) is 5.56 Å². The third-order valence-corrected chi connectivity index (χ3v) is 4.22. The summed E-state index contributed by atoms with van der Waals surface area (Å²) in [6.07, 6.45) is -4.43. The van der Waals surface area contributed by atoms with E-state index in [1.165, 1.54) is 4.90 Å². The minimum absolute atomic E-state index is 0.230. The lowest BCUT2D eigenvalue weighted by molar-refractivity contribution is -0.145. The quantitative estimate of drug-likeness (QED) is 0.928. The zero-order valence-corrected chi connectivity index (χ0v) is 11.8. The molecule has 1 aromatic rings. The third kappa shape index (κ3) is 2.87. The molecule has 1 spiro atoms. The van der Waals surface area contributed by atoms with Crippen LogP contribution in [0.3, 0.4) is 0 Å². The Morgan fingerprint density at radius 1 is 1.29 bits per heavy atom. The van der Waals surface area contributed by atoms with Crippen molar-refractivity contribution in [1.29, 1.82) is 0 Å². The third-order valence-electron chi connectivity index (χ3n) is 3.97. The van der Waals surface area contributed by atoms with Gasteiger partial charge >= 0.3 is 6.18 Å². The first-order chi connectivity index (χ1) is 9.81. The van der Waals surface area contributed by atoms with Crippen molar-refractivity contribution in [3.8, 4) is 0 Å². The molecular formula is C14H14ClF3N2O. The molecule has 1 aliphatic carbocycles. The van der Waals surface area contributed by atoms with Crippen LogP contribution in [-0.4, -0.2) is 29.1 Å². The first-order valence-corrected chi connectivity index (χ1v) is 7.10. The Labute approximate surface area is 125 Å². The number of nitrogens with zero attached hydrogens (tertiary/aromatic N) is 1. The molecule has 1 amide bonds. The summed E-state index contributed by atoms with van der Waals surface area (Å²) in [6, 6.07) is 6.80. The van der Waals surface area contributed by atoms with Crippen LogP contribution in [0.5, 0.6) is 0 Å². The van der Waals surface area contributed by atoms with Gasteiger partial charge in [0, 0.05) is 11.6 Å². The van der Waals surface area contributed by atoms with E-state index >= 15 is 0 Å². The van der Waals surface area contributed by atoms with Crippen molar-refractivity contribution >= 4 is 17.5 Å². The fourth-order valence-corrected chi connectivity index (χ4v) is 2.79. The van der Waals surface area contributed by atoms with Gasteiger partial charge in [-0.2, -0.15) is 13.2 Å². The molecule has 1 aromatic carbocycles. The molecule has 2 fully saturated rings. The smallest absolute Gasteiger partial charge is 0.321 e. The average Bonchev–Trinajstić information content (AvgIpc) is 3.12. The van der Waals surface area contributed by atoms with Gasteiger partial charge in [0.05, 0.1) is 6.42 Å². The van der Waals surface area contributed by atoms with Crippen molar-refractivity contribution < 1.29 is 18.0 Å². The van der Waals surface area contributed by atoms with Crippen molar-refractivity contribution in [2.75, 3.05) is 6.54 Å². The van der Waals surface area contributed by atoms with E-state index in [1.54, 1.807) is 24.3 Å². The molecule has 1 atom stereocenters. The van der Waals surface area contributed by atoms with Crippen LogP contribution in [0.1, 0.15) is 31.0 Å². The molecule has 2 aliphatic rings. The maximum absolute atomic E-state index is 12.5. The molecular weight excluding hydrogens is 305 g/mol. The Hall–Kier alpha value is -1.27. The zero-order chi connectivity index (χ0) is 15.3. The molecule has 3 nitrogen and oxygen atoms in total. The lowest BCUT2D eigenvalue weighted by Crippen LogP contribution is -2.34. The highest BCUT2D eigenvalue weighted by molar-refractivity contribution is 6.30. The number of hydrogen-bond donors (Lipinski definition) is 1. The molecule has 0 aromatic heterocycles. The standard InChI is InChI=1S/C14H14ClF3N2O/c15-10-3-1-9(2-4-10)11-19-13(5-6-13)12(21)20(11)8-7-14(16,17)18/h1-4,11,19H,5-8H2. The van der Waals surface area contributed by atoms with Gasteiger partial charge in [-0.15, -0.1) is 0 Å².